The normalized spacial score (nSPS) is 15.2. The monoisotopic (exact) mass is 221 g/mol. The zero-order chi connectivity index (χ0) is 11.5. The predicted octanol–water partition coefficient (Wildman–Crippen LogP) is -0.430. The molecule has 1 aromatic rings. The second-order valence-corrected chi connectivity index (χ2v) is 3.28. The van der Waals surface area contributed by atoms with Gasteiger partial charge in [-0.1, -0.05) is 0 Å². The van der Waals surface area contributed by atoms with Crippen LogP contribution < -0.4 is 10.6 Å². The van der Waals surface area contributed by atoms with Crippen molar-refractivity contribution >= 4 is 17.8 Å². The van der Waals surface area contributed by atoms with Gasteiger partial charge < -0.3 is 10.6 Å². The van der Waals surface area contributed by atoms with Gasteiger partial charge >= 0.3 is 6.03 Å². The van der Waals surface area contributed by atoms with Crippen LogP contribution in [0.3, 0.4) is 0 Å². The molecule has 0 saturated carbocycles. The second kappa shape index (κ2) is 4.13. The molecular formula is C9H11N5O2. The first-order chi connectivity index (χ1) is 7.70. The molecule has 7 nitrogen and oxygen atoms in total. The van der Waals surface area contributed by atoms with Gasteiger partial charge in [0, 0.05) is 7.05 Å². The highest BCUT2D eigenvalue weighted by atomic mass is 16.2. The lowest BCUT2D eigenvalue weighted by atomic mass is 10.4. The van der Waals surface area contributed by atoms with E-state index >= 15 is 0 Å². The van der Waals surface area contributed by atoms with Crippen LogP contribution >= 0.6 is 0 Å². The van der Waals surface area contributed by atoms with Gasteiger partial charge in [-0.15, -0.1) is 0 Å². The minimum absolute atomic E-state index is 0.0564. The maximum absolute atomic E-state index is 11.3. The summed E-state index contributed by atoms with van der Waals surface area (Å²) in [6.45, 7) is 0.211. The Balaban J connectivity index is 2.08. The molecule has 0 spiro atoms. The number of carbonyl (C=O) groups is 2. The fraction of sp³-hybridized carbons (Fsp3) is 0.333. The Hall–Kier alpha value is -2.18. The summed E-state index contributed by atoms with van der Waals surface area (Å²) in [6, 6.07) is -0.385. The minimum atomic E-state index is -0.385. The van der Waals surface area contributed by atoms with Crippen LogP contribution in [-0.2, 0) is 11.3 Å². The van der Waals surface area contributed by atoms with Crippen molar-refractivity contribution in [3.8, 4) is 0 Å². The first-order valence-corrected chi connectivity index (χ1v) is 4.77. The molecule has 0 radical (unpaired) electrons. The van der Waals surface area contributed by atoms with Crippen LogP contribution in [0, 0.1) is 0 Å². The van der Waals surface area contributed by atoms with Crippen molar-refractivity contribution in [3.63, 3.8) is 0 Å². The van der Waals surface area contributed by atoms with Gasteiger partial charge in [0.15, 0.2) is 0 Å². The lowest BCUT2D eigenvalue weighted by Crippen LogP contribution is -2.30. The Morgan fingerprint density at radius 2 is 2.25 bits per heavy atom. The molecule has 16 heavy (non-hydrogen) atoms. The number of aromatic nitrogens is 2. The van der Waals surface area contributed by atoms with E-state index in [1.165, 1.54) is 6.20 Å². The lowest BCUT2D eigenvalue weighted by molar-refractivity contribution is -0.125. The molecular weight excluding hydrogens is 210 g/mol. The van der Waals surface area contributed by atoms with Gasteiger partial charge in [0.25, 0.3) is 0 Å². The summed E-state index contributed by atoms with van der Waals surface area (Å²) < 4.78 is 0. The van der Waals surface area contributed by atoms with Gasteiger partial charge in [0.05, 0.1) is 31.2 Å². The van der Waals surface area contributed by atoms with Crippen molar-refractivity contribution in [1.29, 1.82) is 0 Å². The highest BCUT2D eigenvalue weighted by molar-refractivity contribution is 6.01. The molecule has 1 aliphatic rings. The molecule has 0 unspecified atom stereocenters. The van der Waals surface area contributed by atoms with Gasteiger partial charge in [-0.05, 0) is 0 Å². The zero-order valence-electron chi connectivity index (χ0n) is 8.73. The highest BCUT2D eigenvalue weighted by Crippen LogP contribution is 2.06. The third-order valence-corrected chi connectivity index (χ3v) is 2.22. The van der Waals surface area contributed by atoms with Crippen molar-refractivity contribution < 1.29 is 9.59 Å². The van der Waals surface area contributed by atoms with E-state index in [0.717, 1.165) is 4.90 Å². The molecule has 1 fully saturated rings. The second-order valence-electron chi connectivity index (χ2n) is 3.28. The van der Waals surface area contributed by atoms with E-state index < -0.39 is 0 Å². The van der Waals surface area contributed by atoms with E-state index in [1.54, 1.807) is 13.2 Å². The first-order valence-electron chi connectivity index (χ1n) is 4.77. The standard InChI is InChI=1S/C9H11N5O2/c1-10-7-3-11-6(2-12-7)5-14-8(15)4-13-9(14)16/h2-3H,4-5H2,1H3,(H,10,12)(H,13,16). The van der Waals surface area contributed by atoms with Gasteiger partial charge in [-0.3, -0.25) is 14.7 Å². The molecule has 0 bridgehead atoms. The topological polar surface area (TPSA) is 87.2 Å². The molecule has 2 N–H and O–H groups in total. The van der Waals surface area contributed by atoms with E-state index in [9.17, 15) is 9.59 Å². The molecule has 84 valence electrons. The van der Waals surface area contributed by atoms with E-state index in [4.69, 9.17) is 0 Å². The van der Waals surface area contributed by atoms with Crippen LogP contribution in [0.15, 0.2) is 12.4 Å². The number of nitrogens with zero attached hydrogens (tertiary/aromatic N) is 3. The minimum Gasteiger partial charge on any atom is -0.372 e. The third kappa shape index (κ3) is 1.92. The Morgan fingerprint density at radius 1 is 1.44 bits per heavy atom. The summed E-state index contributed by atoms with van der Waals surface area (Å²) in [5, 5.41) is 5.27. The van der Waals surface area contributed by atoms with E-state index in [0.29, 0.717) is 11.5 Å². The fourth-order valence-corrected chi connectivity index (χ4v) is 1.34. The molecule has 3 amide bonds. The largest absolute Gasteiger partial charge is 0.372 e. The van der Waals surface area contributed by atoms with Crippen molar-refractivity contribution in [1.82, 2.24) is 20.2 Å². The Morgan fingerprint density at radius 3 is 2.75 bits per heavy atom. The third-order valence-electron chi connectivity index (χ3n) is 2.22. The number of nitrogens with one attached hydrogen (secondary N) is 2. The van der Waals surface area contributed by atoms with E-state index in [-0.39, 0.29) is 25.0 Å². The summed E-state index contributed by atoms with van der Waals surface area (Å²) in [4.78, 5) is 31.8. The molecule has 2 heterocycles. The zero-order valence-corrected chi connectivity index (χ0v) is 8.73. The van der Waals surface area contributed by atoms with Crippen LogP contribution in [-0.4, -0.2) is 40.4 Å². The van der Waals surface area contributed by atoms with Gasteiger partial charge in [0.1, 0.15) is 5.82 Å². The molecule has 7 heteroatoms. The van der Waals surface area contributed by atoms with Crippen LogP contribution in [0.4, 0.5) is 10.6 Å². The summed E-state index contributed by atoms with van der Waals surface area (Å²) in [7, 11) is 1.74. The summed E-state index contributed by atoms with van der Waals surface area (Å²) in [5.74, 6) is 0.394. The number of hydrogen-bond donors (Lipinski definition) is 2. The average Bonchev–Trinajstić information content (AvgIpc) is 2.62. The van der Waals surface area contributed by atoms with E-state index in [1.807, 2.05) is 0 Å². The smallest absolute Gasteiger partial charge is 0.324 e. The molecule has 1 aromatic heterocycles. The van der Waals surface area contributed by atoms with Gasteiger partial charge in [-0.2, -0.15) is 0 Å². The molecule has 0 aromatic carbocycles. The molecule has 1 saturated heterocycles. The van der Waals surface area contributed by atoms with E-state index in [2.05, 4.69) is 20.6 Å². The predicted molar refractivity (Wildman–Crippen MR) is 55.5 cm³/mol. The number of anilines is 1. The number of hydrogen-bond acceptors (Lipinski definition) is 5. The fourth-order valence-electron chi connectivity index (χ4n) is 1.34. The molecule has 1 aliphatic heterocycles. The lowest BCUT2D eigenvalue weighted by Gasteiger charge is -2.11. The van der Waals surface area contributed by atoms with Crippen LogP contribution in [0.5, 0.6) is 0 Å². The number of carbonyl (C=O) groups excluding carboxylic acids is 2. The molecule has 0 atom stereocenters. The van der Waals surface area contributed by atoms with Gasteiger partial charge in [0.2, 0.25) is 5.91 Å². The Bertz CT molecular complexity index is 400. The number of imide groups is 1. The van der Waals surface area contributed by atoms with Crippen molar-refractivity contribution in [2.45, 2.75) is 6.54 Å². The average molecular weight is 221 g/mol. The van der Waals surface area contributed by atoms with Crippen LogP contribution in [0.25, 0.3) is 0 Å². The van der Waals surface area contributed by atoms with Crippen molar-refractivity contribution in [2.75, 3.05) is 18.9 Å². The summed E-state index contributed by atoms with van der Waals surface area (Å²) >= 11 is 0. The quantitative estimate of drug-likeness (QED) is 0.676. The van der Waals surface area contributed by atoms with Crippen LogP contribution in [0.1, 0.15) is 5.69 Å². The highest BCUT2D eigenvalue weighted by Gasteiger charge is 2.28. The first kappa shape index (κ1) is 10.3. The maximum Gasteiger partial charge on any atom is 0.324 e. The van der Waals surface area contributed by atoms with Crippen molar-refractivity contribution in [2.24, 2.45) is 0 Å². The Labute approximate surface area is 91.9 Å². The summed E-state index contributed by atoms with van der Waals surface area (Å²) in [6.07, 6.45) is 3.08. The number of amides is 3. The SMILES string of the molecule is CNc1cnc(CN2C(=O)CNC2=O)cn1. The maximum atomic E-state index is 11.3. The molecule has 2 rings (SSSR count). The number of urea groups is 1. The number of rotatable bonds is 3. The summed E-state index contributed by atoms with van der Waals surface area (Å²) in [5.41, 5.74) is 0.574. The van der Waals surface area contributed by atoms with Gasteiger partial charge in [-0.25, -0.2) is 9.78 Å². The Kier molecular flexibility index (Phi) is 2.67. The van der Waals surface area contributed by atoms with Crippen molar-refractivity contribution in [3.05, 3.63) is 18.1 Å². The molecule has 0 aliphatic carbocycles. The van der Waals surface area contributed by atoms with Crippen LogP contribution in [0.2, 0.25) is 0 Å².